The van der Waals surface area contributed by atoms with Crippen LogP contribution in [-0.4, -0.2) is 56.4 Å². The fourth-order valence-electron chi connectivity index (χ4n) is 4.39. The van der Waals surface area contributed by atoms with Gasteiger partial charge in [0.25, 0.3) is 0 Å². The number of rotatable bonds is 8. The number of nitrogens with one attached hydrogen (secondary N) is 1. The van der Waals surface area contributed by atoms with Crippen LogP contribution in [0.3, 0.4) is 0 Å². The summed E-state index contributed by atoms with van der Waals surface area (Å²) in [5, 5.41) is 16.9. The van der Waals surface area contributed by atoms with Gasteiger partial charge >= 0.3 is 0 Å². The molecule has 1 aliphatic rings. The third-order valence-electron chi connectivity index (χ3n) is 6.72. The van der Waals surface area contributed by atoms with Crippen molar-refractivity contribution in [3.8, 4) is 11.8 Å². The number of anilines is 1. The number of benzene rings is 1. The smallest absolute Gasteiger partial charge is 0.239 e. The number of nitrogens with zero attached hydrogens (tertiary/aromatic N) is 6. The van der Waals surface area contributed by atoms with E-state index in [9.17, 15) is 10.1 Å². The van der Waals surface area contributed by atoms with Gasteiger partial charge in [0.1, 0.15) is 24.5 Å². The van der Waals surface area contributed by atoms with Crippen molar-refractivity contribution in [2.45, 2.75) is 52.3 Å². The molecular weight excluding hydrogens is 430 g/mol. The number of ether oxygens (including phenoxy) is 1. The maximum absolute atomic E-state index is 13.0. The van der Waals surface area contributed by atoms with Crippen LogP contribution in [0.25, 0.3) is 5.69 Å². The average molecular weight is 462 g/mol. The van der Waals surface area contributed by atoms with Gasteiger partial charge in [0.15, 0.2) is 0 Å². The monoisotopic (exact) mass is 461 g/mol. The van der Waals surface area contributed by atoms with E-state index in [-0.39, 0.29) is 24.6 Å². The number of aromatic nitrogens is 4. The Balaban J connectivity index is 1.44. The van der Waals surface area contributed by atoms with E-state index in [1.807, 2.05) is 54.6 Å². The van der Waals surface area contributed by atoms with E-state index < -0.39 is 0 Å². The minimum absolute atomic E-state index is 0.0214. The second-order valence-electron chi connectivity index (χ2n) is 8.86. The van der Waals surface area contributed by atoms with Gasteiger partial charge in [0.2, 0.25) is 5.91 Å². The number of carbonyl (C=O) groups is 1. The first-order chi connectivity index (χ1) is 16.4. The van der Waals surface area contributed by atoms with Crippen molar-refractivity contribution in [3.63, 3.8) is 0 Å². The molecule has 0 radical (unpaired) electrons. The van der Waals surface area contributed by atoms with Gasteiger partial charge in [0.05, 0.1) is 30.4 Å². The maximum atomic E-state index is 13.0. The molecule has 3 heterocycles. The van der Waals surface area contributed by atoms with Crippen molar-refractivity contribution >= 4 is 11.7 Å². The summed E-state index contributed by atoms with van der Waals surface area (Å²) in [5.41, 5.74) is 4.41. The first kappa shape index (κ1) is 23.7. The lowest BCUT2D eigenvalue weighted by atomic mass is 10.1. The van der Waals surface area contributed by atoms with E-state index in [1.165, 1.54) is 6.33 Å². The van der Waals surface area contributed by atoms with E-state index in [0.717, 1.165) is 42.0 Å². The highest BCUT2D eigenvalue weighted by Gasteiger charge is 2.24. The molecule has 4 rings (SSSR count). The third kappa shape index (κ3) is 4.88. The zero-order valence-corrected chi connectivity index (χ0v) is 20.2. The Bertz CT molecular complexity index is 1170. The highest BCUT2D eigenvalue weighted by Crippen LogP contribution is 2.28. The highest BCUT2D eigenvalue weighted by molar-refractivity contribution is 5.93. The standard InChI is InChI=1S/C25H31N7O2/c1-17-18(2)31(13-22-6-5-11-34-22)25(23(17)12-26)29-24(33)14-30(4)19(3)20-7-9-21(10-8-20)32-16-27-15-28-32/h7-10,15-16,19,22H,5-6,11,13-14H2,1-4H3,(H,29,33)/t19-,22+/m1/s1. The molecule has 1 aliphatic heterocycles. The average Bonchev–Trinajstić information content (AvgIpc) is 3.59. The number of hydrogen-bond donors (Lipinski definition) is 1. The van der Waals surface area contributed by atoms with Crippen LogP contribution in [0.5, 0.6) is 0 Å². The Morgan fingerprint density at radius 3 is 2.74 bits per heavy atom. The molecule has 2 aromatic heterocycles. The Labute approximate surface area is 200 Å². The summed E-state index contributed by atoms with van der Waals surface area (Å²) < 4.78 is 9.52. The van der Waals surface area contributed by atoms with Crippen LogP contribution >= 0.6 is 0 Å². The number of likely N-dealkylation sites (N-methyl/N-ethyl adjacent to an activating group) is 1. The summed E-state index contributed by atoms with van der Waals surface area (Å²) in [6.45, 7) is 7.56. The van der Waals surface area contributed by atoms with E-state index in [0.29, 0.717) is 17.9 Å². The van der Waals surface area contributed by atoms with Crippen molar-refractivity contribution in [2.24, 2.45) is 0 Å². The van der Waals surface area contributed by atoms with Gasteiger partial charge in [-0.15, -0.1) is 0 Å². The van der Waals surface area contributed by atoms with Crippen LogP contribution in [0.15, 0.2) is 36.9 Å². The van der Waals surface area contributed by atoms with Crippen molar-refractivity contribution in [3.05, 3.63) is 59.3 Å². The summed E-state index contributed by atoms with van der Waals surface area (Å²) in [7, 11) is 1.92. The van der Waals surface area contributed by atoms with Gasteiger partial charge in [-0.05, 0) is 63.9 Å². The molecule has 1 N–H and O–H groups in total. The van der Waals surface area contributed by atoms with Gasteiger partial charge in [-0.25, -0.2) is 9.67 Å². The molecule has 1 aromatic carbocycles. The molecule has 2 atom stereocenters. The number of hydrogen-bond acceptors (Lipinski definition) is 6. The molecule has 0 bridgehead atoms. The summed E-state index contributed by atoms with van der Waals surface area (Å²) >= 11 is 0. The predicted molar refractivity (Wildman–Crippen MR) is 129 cm³/mol. The second kappa shape index (κ2) is 10.2. The molecule has 3 aromatic rings. The largest absolute Gasteiger partial charge is 0.376 e. The lowest BCUT2D eigenvalue weighted by Crippen LogP contribution is -2.33. The topological polar surface area (TPSA) is 101 Å². The first-order valence-electron chi connectivity index (χ1n) is 11.6. The molecule has 1 fully saturated rings. The zero-order chi connectivity index (χ0) is 24.2. The lowest BCUT2D eigenvalue weighted by Gasteiger charge is -2.25. The molecule has 9 nitrogen and oxygen atoms in total. The van der Waals surface area contributed by atoms with Crippen LogP contribution in [0.1, 0.15) is 48.2 Å². The first-order valence-corrected chi connectivity index (χ1v) is 11.6. The van der Waals surface area contributed by atoms with E-state index >= 15 is 0 Å². The Hall–Kier alpha value is -3.48. The molecule has 9 heteroatoms. The van der Waals surface area contributed by atoms with Crippen molar-refractivity contribution in [2.75, 3.05) is 25.5 Å². The van der Waals surface area contributed by atoms with Gasteiger partial charge in [-0.1, -0.05) is 12.1 Å². The molecule has 0 spiro atoms. The summed E-state index contributed by atoms with van der Waals surface area (Å²) in [6, 6.07) is 10.3. The number of amides is 1. The zero-order valence-electron chi connectivity index (χ0n) is 20.2. The quantitative estimate of drug-likeness (QED) is 0.552. The maximum Gasteiger partial charge on any atom is 0.239 e. The van der Waals surface area contributed by atoms with E-state index in [1.54, 1.807) is 11.0 Å². The van der Waals surface area contributed by atoms with Crippen LogP contribution in [-0.2, 0) is 16.1 Å². The fourth-order valence-corrected chi connectivity index (χ4v) is 4.39. The van der Waals surface area contributed by atoms with E-state index in [2.05, 4.69) is 28.4 Å². The van der Waals surface area contributed by atoms with Crippen LogP contribution in [0.2, 0.25) is 0 Å². The predicted octanol–water partition coefficient (Wildman–Crippen LogP) is 3.37. The number of carbonyl (C=O) groups excluding carboxylic acids is 1. The summed E-state index contributed by atoms with van der Waals surface area (Å²) in [5.74, 6) is 0.410. The molecule has 0 unspecified atom stereocenters. The Morgan fingerprint density at radius 1 is 1.35 bits per heavy atom. The molecule has 1 saturated heterocycles. The minimum Gasteiger partial charge on any atom is -0.376 e. The highest BCUT2D eigenvalue weighted by atomic mass is 16.5. The van der Waals surface area contributed by atoms with Gasteiger partial charge < -0.3 is 14.6 Å². The minimum atomic E-state index is -0.156. The summed E-state index contributed by atoms with van der Waals surface area (Å²) in [6.07, 6.45) is 5.29. The van der Waals surface area contributed by atoms with Crippen LogP contribution in [0, 0.1) is 25.2 Å². The summed E-state index contributed by atoms with van der Waals surface area (Å²) in [4.78, 5) is 19.0. The third-order valence-corrected chi connectivity index (χ3v) is 6.72. The van der Waals surface area contributed by atoms with Crippen LogP contribution in [0.4, 0.5) is 5.82 Å². The van der Waals surface area contributed by atoms with Gasteiger partial charge in [0, 0.05) is 18.3 Å². The molecular formula is C25H31N7O2. The molecule has 1 amide bonds. The Kier molecular flexibility index (Phi) is 7.10. The lowest BCUT2D eigenvalue weighted by molar-refractivity contribution is -0.117. The Morgan fingerprint density at radius 2 is 2.12 bits per heavy atom. The molecule has 178 valence electrons. The normalized spacial score (nSPS) is 16.5. The van der Waals surface area contributed by atoms with Crippen molar-refractivity contribution in [1.29, 1.82) is 5.26 Å². The van der Waals surface area contributed by atoms with Crippen molar-refractivity contribution < 1.29 is 9.53 Å². The second-order valence-corrected chi connectivity index (χ2v) is 8.86. The van der Waals surface area contributed by atoms with Crippen LogP contribution < -0.4 is 5.32 Å². The fraction of sp³-hybridized carbons (Fsp3) is 0.440. The van der Waals surface area contributed by atoms with Crippen molar-refractivity contribution in [1.82, 2.24) is 24.2 Å². The molecule has 0 aliphatic carbocycles. The van der Waals surface area contributed by atoms with Gasteiger partial charge in [-0.3, -0.25) is 9.69 Å². The van der Waals surface area contributed by atoms with Gasteiger partial charge in [-0.2, -0.15) is 10.4 Å². The SMILES string of the molecule is Cc1c(C#N)c(NC(=O)CN(C)[C@H](C)c2ccc(-n3cncn3)cc2)n(C[C@@H]2CCCO2)c1C. The molecule has 34 heavy (non-hydrogen) atoms. The molecule has 0 saturated carbocycles. The van der Waals surface area contributed by atoms with E-state index in [4.69, 9.17) is 4.74 Å². The number of nitriles is 1.